The van der Waals surface area contributed by atoms with Gasteiger partial charge in [0.1, 0.15) is 0 Å². The Morgan fingerprint density at radius 3 is 2.53 bits per heavy atom. The first-order chi connectivity index (χ1) is 8.83. The van der Waals surface area contributed by atoms with E-state index in [0.29, 0.717) is 5.56 Å². The first-order valence-electron chi connectivity index (χ1n) is 6.51. The van der Waals surface area contributed by atoms with Gasteiger partial charge in [-0.15, -0.1) is 0 Å². The first-order valence-corrected chi connectivity index (χ1v) is 6.51. The van der Waals surface area contributed by atoms with Crippen LogP contribution in [-0.2, 0) is 4.74 Å². The SMILES string of the molecule is COC(=O)c1ccc(C)c(NCCNC(C)(C)C)c1. The highest BCUT2D eigenvalue weighted by Gasteiger charge is 2.09. The van der Waals surface area contributed by atoms with Crippen LogP contribution in [0.1, 0.15) is 36.7 Å². The Kier molecular flexibility index (Phi) is 5.36. The third-order valence-electron chi connectivity index (χ3n) is 2.75. The fourth-order valence-electron chi connectivity index (χ4n) is 1.69. The molecule has 0 fully saturated rings. The highest BCUT2D eigenvalue weighted by molar-refractivity contribution is 5.90. The molecule has 0 saturated carbocycles. The van der Waals surface area contributed by atoms with Crippen LogP contribution >= 0.6 is 0 Å². The summed E-state index contributed by atoms with van der Waals surface area (Å²) >= 11 is 0. The van der Waals surface area contributed by atoms with Gasteiger partial charge in [0, 0.05) is 24.3 Å². The summed E-state index contributed by atoms with van der Waals surface area (Å²) in [5, 5.41) is 6.74. The quantitative estimate of drug-likeness (QED) is 0.634. The summed E-state index contributed by atoms with van der Waals surface area (Å²) in [6.45, 7) is 10.1. The minimum atomic E-state index is -0.309. The maximum atomic E-state index is 11.5. The zero-order valence-corrected chi connectivity index (χ0v) is 12.5. The molecule has 0 spiro atoms. The number of anilines is 1. The molecule has 1 aromatic carbocycles. The second-order valence-electron chi connectivity index (χ2n) is 5.62. The summed E-state index contributed by atoms with van der Waals surface area (Å²) in [4.78, 5) is 11.5. The Bertz CT molecular complexity index is 436. The van der Waals surface area contributed by atoms with Gasteiger partial charge < -0.3 is 15.4 Å². The average molecular weight is 264 g/mol. The summed E-state index contributed by atoms with van der Waals surface area (Å²) in [5.41, 5.74) is 2.77. The average Bonchev–Trinajstić information content (AvgIpc) is 2.34. The number of rotatable bonds is 5. The van der Waals surface area contributed by atoms with Gasteiger partial charge >= 0.3 is 5.97 Å². The summed E-state index contributed by atoms with van der Waals surface area (Å²) in [7, 11) is 1.39. The number of carbonyl (C=O) groups excluding carboxylic acids is 1. The van der Waals surface area contributed by atoms with E-state index in [2.05, 4.69) is 31.4 Å². The van der Waals surface area contributed by atoms with E-state index in [0.717, 1.165) is 24.3 Å². The number of carbonyl (C=O) groups is 1. The molecule has 106 valence electrons. The molecule has 1 aromatic rings. The molecular formula is C15H24N2O2. The van der Waals surface area contributed by atoms with Crippen LogP contribution in [0.15, 0.2) is 18.2 Å². The third kappa shape index (κ3) is 5.30. The van der Waals surface area contributed by atoms with Crippen LogP contribution in [0.25, 0.3) is 0 Å². The van der Waals surface area contributed by atoms with Gasteiger partial charge in [-0.1, -0.05) is 6.07 Å². The number of esters is 1. The largest absolute Gasteiger partial charge is 0.465 e. The molecule has 0 aliphatic heterocycles. The maximum Gasteiger partial charge on any atom is 0.337 e. The van der Waals surface area contributed by atoms with Crippen molar-refractivity contribution >= 4 is 11.7 Å². The van der Waals surface area contributed by atoms with Crippen LogP contribution in [0.4, 0.5) is 5.69 Å². The number of nitrogens with one attached hydrogen (secondary N) is 2. The number of hydrogen-bond donors (Lipinski definition) is 2. The molecule has 0 unspecified atom stereocenters. The smallest absolute Gasteiger partial charge is 0.337 e. The lowest BCUT2D eigenvalue weighted by Crippen LogP contribution is -2.38. The van der Waals surface area contributed by atoms with Crippen molar-refractivity contribution < 1.29 is 9.53 Å². The number of hydrogen-bond acceptors (Lipinski definition) is 4. The number of methoxy groups -OCH3 is 1. The zero-order valence-electron chi connectivity index (χ0n) is 12.5. The van der Waals surface area contributed by atoms with E-state index in [1.54, 1.807) is 6.07 Å². The van der Waals surface area contributed by atoms with Crippen molar-refractivity contribution in [3.8, 4) is 0 Å². The molecule has 0 amide bonds. The topological polar surface area (TPSA) is 50.4 Å². The number of ether oxygens (including phenoxy) is 1. The van der Waals surface area contributed by atoms with Crippen LogP contribution < -0.4 is 10.6 Å². The summed E-state index contributed by atoms with van der Waals surface area (Å²) in [6.07, 6.45) is 0. The predicted molar refractivity (Wildman–Crippen MR) is 78.8 cm³/mol. The van der Waals surface area contributed by atoms with E-state index >= 15 is 0 Å². The Morgan fingerprint density at radius 1 is 1.26 bits per heavy atom. The Labute approximate surface area is 115 Å². The van der Waals surface area contributed by atoms with Crippen molar-refractivity contribution in [2.45, 2.75) is 33.2 Å². The van der Waals surface area contributed by atoms with Gasteiger partial charge in [0.05, 0.1) is 12.7 Å². The molecule has 0 atom stereocenters. The van der Waals surface area contributed by atoms with Crippen molar-refractivity contribution in [3.63, 3.8) is 0 Å². The molecule has 4 heteroatoms. The highest BCUT2D eigenvalue weighted by atomic mass is 16.5. The molecule has 2 N–H and O–H groups in total. The molecule has 0 aliphatic rings. The van der Waals surface area contributed by atoms with Crippen molar-refractivity contribution in [2.75, 3.05) is 25.5 Å². The lowest BCUT2D eigenvalue weighted by molar-refractivity contribution is 0.0601. The van der Waals surface area contributed by atoms with Crippen molar-refractivity contribution in [1.29, 1.82) is 0 Å². The lowest BCUT2D eigenvalue weighted by Gasteiger charge is -2.21. The van der Waals surface area contributed by atoms with Crippen LogP contribution in [0.5, 0.6) is 0 Å². The molecule has 4 nitrogen and oxygen atoms in total. The molecule has 0 saturated heterocycles. The Morgan fingerprint density at radius 2 is 1.95 bits per heavy atom. The zero-order chi connectivity index (χ0) is 14.5. The standard InChI is InChI=1S/C15H24N2O2/c1-11-6-7-12(14(18)19-5)10-13(11)16-8-9-17-15(2,3)4/h6-7,10,16-17H,8-9H2,1-5H3. The number of benzene rings is 1. The third-order valence-corrected chi connectivity index (χ3v) is 2.75. The van der Waals surface area contributed by atoms with Gasteiger partial charge in [-0.25, -0.2) is 4.79 Å². The highest BCUT2D eigenvalue weighted by Crippen LogP contribution is 2.17. The first kappa shape index (κ1) is 15.5. The van der Waals surface area contributed by atoms with Crippen molar-refractivity contribution in [1.82, 2.24) is 5.32 Å². The minimum Gasteiger partial charge on any atom is -0.465 e. The summed E-state index contributed by atoms with van der Waals surface area (Å²) in [5.74, 6) is -0.309. The summed E-state index contributed by atoms with van der Waals surface area (Å²) < 4.78 is 4.72. The molecule has 0 heterocycles. The molecule has 0 aliphatic carbocycles. The van der Waals surface area contributed by atoms with E-state index in [1.165, 1.54) is 7.11 Å². The Hall–Kier alpha value is -1.55. The van der Waals surface area contributed by atoms with Gasteiger partial charge in [0.15, 0.2) is 0 Å². The van der Waals surface area contributed by atoms with Gasteiger partial charge in [-0.3, -0.25) is 0 Å². The van der Waals surface area contributed by atoms with Crippen molar-refractivity contribution in [3.05, 3.63) is 29.3 Å². The second kappa shape index (κ2) is 6.57. The van der Waals surface area contributed by atoms with E-state index in [4.69, 9.17) is 4.74 Å². The monoisotopic (exact) mass is 264 g/mol. The molecule has 0 aromatic heterocycles. The predicted octanol–water partition coefficient (Wildman–Crippen LogP) is 2.58. The maximum absolute atomic E-state index is 11.5. The normalized spacial score (nSPS) is 11.2. The van der Waals surface area contributed by atoms with E-state index in [-0.39, 0.29) is 11.5 Å². The fraction of sp³-hybridized carbons (Fsp3) is 0.533. The fourth-order valence-corrected chi connectivity index (χ4v) is 1.69. The van der Waals surface area contributed by atoms with E-state index in [9.17, 15) is 4.79 Å². The van der Waals surface area contributed by atoms with Crippen LogP contribution in [0.2, 0.25) is 0 Å². The van der Waals surface area contributed by atoms with Gasteiger partial charge in [-0.2, -0.15) is 0 Å². The van der Waals surface area contributed by atoms with Gasteiger partial charge in [-0.05, 0) is 45.4 Å². The van der Waals surface area contributed by atoms with Gasteiger partial charge in [0.25, 0.3) is 0 Å². The molecular weight excluding hydrogens is 240 g/mol. The second-order valence-corrected chi connectivity index (χ2v) is 5.62. The molecule has 1 rings (SSSR count). The lowest BCUT2D eigenvalue weighted by atomic mass is 10.1. The molecule has 0 bridgehead atoms. The minimum absolute atomic E-state index is 0.116. The van der Waals surface area contributed by atoms with Crippen LogP contribution in [0, 0.1) is 6.92 Å². The van der Waals surface area contributed by atoms with E-state index in [1.807, 2.05) is 19.1 Å². The molecule has 19 heavy (non-hydrogen) atoms. The van der Waals surface area contributed by atoms with Crippen molar-refractivity contribution in [2.24, 2.45) is 0 Å². The Balaban J connectivity index is 2.60. The summed E-state index contributed by atoms with van der Waals surface area (Å²) in [6, 6.07) is 5.53. The van der Waals surface area contributed by atoms with Crippen LogP contribution in [-0.4, -0.2) is 31.7 Å². The number of aryl methyl sites for hydroxylation is 1. The molecule has 0 radical (unpaired) electrons. The van der Waals surface area contributed by atoms with Gasteiger partial charge in [0.2, 0.25) is 0 Å². The van der Waals surface area contributed by atoms with E-state index < -0.39 is 0 Å². The van der Waals surface area contributed by atoms with Crippen LogP contribution in [0.3, 0.4) is 0 Å².